The van der Waals surface area contributed by atoms with E-state index in [-0.39, 0.29) is 26.1 Å². The first-order chi connectivity index (χ1) is 37.5. The molecule has 11 atom stereocenters. The fourth-order valence-corrected chi connectivity index (χ4v) is 10.3. The molecule has 0 bridgehead atoms. The number of hydrogen-bond donors (Lipinski definition) is 7. The third-order valence-corrected chi connectivity index (χ3v) is 15.5. The van der Waals surface area contributed by atoms with Crippen LogP contribution in [0.4, 0.5) is 0 Å². The maximum Gasteiger partial charge on any atom is 0.306 e. The molecule has 7 N–H and O–H groups in total. The Bertz CT molecular complexity index is 1390. The summed E-state index contributed by atoms with van der Waals surface area (Å²) in [6.07, 6.45) is 36.6. The van der Waals surface area contributed by atoms with E-state index < -0.39 is 92.7 Å². The number of allylic oxidation sites excluding steroid dienone is 2. The van der Waals surface area contributed by atoms with Gasteiger partial charge in [0.15, 0.2) is 18.7 Å². The molecule has 2 saturated heterocycles. The number of unbranched alkanes of at least 4 members (excludes halogenated alkanes) is 36. The highest BCUT2D eigenvalue weighted by molar-refractivity contribution is 5.70. The Morgan fingerprint density at radius 2 is 0.740 bits per heavy atom. The zero-order valence-electron chi connectivity index (χ0n) is 48.7. The molecule has 2 fully saturated rings. The maximum absolute atomic E-state index is 13.1. The average molecular weight is 1100 g/mol. The molecule has 2 rings (SSSR count). The Morgan fingerprint density at radius 3 is 1.14 bits per heavy atom. The standard InChI is InChI=1S/C62H116O15/c1-3-5-7-9-11-13-15-17-19-21-23-25-27-28-30-32-34-36-38-40-42-44-53(64)72-47-50(75-54(65)45-43-41-39-37-35-33-31-29-26-24-22-20-18-16-14-12-10-8-6-4-2)48-73-61-60(71)58(69)56(67)52(77-61)49-74-62-59(70)57(68)55(66)51(46-63)76-62/h17,19,50-52,55-63,66-71H,3-16,18,20-49H2,1-2H3/b19-17+/t50-,51+,52+,55-,56-,57?,58?,59?,60?,61+,62+/m0/s1. The van der Waals surface area contributed by atoms with Gasteiger partial charge in [-0.05, 0) is 38.5 Å². The summed E-state index contributed by atoms with van der Waals surface area (Å²) in [5.74, 6) is -0.906. The van der Waals surface area contributed by atoms with Crippen molar-refractivity contribution in [1.82, 2.24) is 0 Å². The lowest BCUT2D eigenvalue weighted by Gasteiger charge is -2.42. The lowest BCUT2D eigenvalue weighted by Crippen LogP contribution is -2.61. The molecule has 0 aromatic rings. The van der Waals surface area contributed by atoms with Gasteiger partial charge in [-0.2, -0.15) is 0 Å². The molecule has 0 amide bonds. The highest BCUT2D eigenvalue weighted by atomic mass is 16.7. The maximum atomic E-state index is 13.1. The summed E-state index contributed by atoms with van der Waals surface area (Å²) >= 11 is 0. The van der Waals surface area contributed by atoms with E-state index in [1.165, 1.54) is 199 Å². The van der Waals surface area contributed by atoms with E-state index in [2.05, 4.69) is 26.0 Å². The number of rotatable bonds is 52. The Kier molecular flexibility index (Phi) is 45.3. The van der Waals surface area contributed by atoms with E-state index in [4.69, 9.17) is 28.4 Å². The first kappa shape index (κ1) is 71.3. The Morgan fingerprint density at radius 1 is 0.403 bits per heavy atom. The number of aliphatic hydroxyl groups is 7. The van der Waals surface area contributed by atoms with Gasteiger partial charge < -0.3 is 64.2 Å². The van der Waals surface area contributed by atoms with Crippen LogP contribution in [0, 0.1) is 0 Å². The summed E-state index contributed by atoms with van der Waals surface area (Å²) in [7, 11) is 0. The molecule has 0 aromatic heterocycles. The molecule has 0 radical (unpaired) electrons. The fraction of sp³-hybridized carbons (Fsp3) is 0.935. The normalized spacial score (nSPS) is 24.2. The topological polar surface area (TPSA) is 231 Å². The van der Waals surface area contributed by atoms with Crippen LogP contribution in [-0.4, -0.2) is 142 Å². The van der Waals surface area contributed by atoms with Gasteiger partial charge in [-0.25, -0.2) is 0 Å². The van der Waals surface area contributed by atoms with E-state index in [9.17, 15) is 45.3 Å². The van der Waals surface area contributed by atoms with Crippen molar-refractivity contribution in [3.63, 3.8) is 0 Å². The molecule has 0 spiro atoms. The van der Waals surface area contributed by atoms with Crippen LogP contribution in [0.5, 0.6) is 0 Å². The number of carbonyl (C=O) groups excluding carboxylic acids is 2. The van der Waals surface area contributed by atoms with Crippen molar-refractivity contribution in [2.75, 3.05) is 26.4 Å². The van der Waals surface area contributed by atoms with Crippen molar-refractivity contribution in [1.29, 1.82) is 0 Å². The molecule has 15 heteroatoms. The van der Waals surface area contributed by atoms with Crippen LogP contribution in [0.25, 0.3) is 0 Å². The van der Waals surface area contributed by atoms with E-state index in [1.54, 1.807) is 0 Å². The molecule has 2 heterocycles. The predicted octanol–water partition coefficient (Wildman–Crippen LogP) is 11.7. The van der Waals surface area contributed by atoms with Gasteiger partial charge in [-0.1, -0.05) is 238 Å². The van der Waals surface area contributed by atoms with E-state index in [1.807, 2.05) is 0 Å². The van der Waals surface area contributed by atoms with Gasteiger partial charge in [0, 0.05) is 12.8 Å². The van der Waals surface area contributed by atoms with Gasteiger partial charge >= 0.3 is 11.9 Å². The van der Waals surface area contributed by atoms with Gasteiger partial charge in [0.05, 0.1) is 19.8 Å². The van der Waals surface area contributed by atoms with Gasteiger partial charge in [0.25, 0.3) is 0 Å². The smallest absolute Gasteiger partial charge is 0.306 e. The van der Waals surface area contributed by atoms with Crippen LogP contribution in [0.1, 0.15) is 277 Å². The molecule has 2 aliphatic rings. The summed E-state index contributed by atoms with van der Waals surface area (Å²) in [6.45, 7) is 2.66. The lowest BCUT2D eigenvalue weighted by atomic mass is 9.98. The van der Waals surface area contributed by atoms with Crippen LogP contribution in [0.2, 0.25) is 0 Å². The van der Waals surface area contributed by atoms with E-state index in [0.29, 0.717) is 12.8 Å². The molecule has 15 nitrogen and oxygen atoms in total. The highest BCUT2D eigenvalue weighted by Crippen LogP contribution is 2.27. The number of aliphatic hydroxyl groups excluding tert-OH is 7. The minimum absolute atomic E-state index is 0.172. The molecule has 4 unspecified atom stereocenters. The van der Waals surface area contributed by atoms with E-state index in [0.717, 1.165) is 38.5 Å². The monoisotopic (exact) mass is 1100 g/mol. The summed E-state index contributed by atoms with van der Waals surface area (Å²) in [6, 6.07) is 0. The Hall–Kier alpha value is -1.76. The number of hydrogen-bond acceptors (Lipinski definition) is 15. The van der Waals surface area contributed by atoms with Crippen LogP contribution >= 0.6 is 0 Å². The van der Waals surface area contributed by atoms with Crippen LogP contribution in [-0.2, 0) is 38.0 Å². The summed E-state index contributed by atoms with van der Waals surface area (Å²) in [4.78, 5) is 26.0. The van der Waals surface area contributed by atoms with Crippen molar-refractivity contribution >= 4 is 11.9 Å². The predicted molar refractivity (Wildman–Crippen MR) is 303 cm³/mol. The second-order valence-electron chi connectivity index (χ2n) is 22.6. The van der Waals surface area contributed by atoms with E-state index >= 15 is 0 Å². The summed E-state index contributed by atoms with van der Waals surface area (Å²) < 4.78 is 33.8. The lowest BCUT2D eigenvalue weighted by molar-refractivity contribution is -0.332. The van der Waals surface area contributed by atoms with Gasteiger partial charge in [-0.3, -0.25) is 9.59 Å². The van der Waals surface area contributed by atoms with Gasteiger partial charge in [-0.15, -0.1) is 0 Å². The molecule has 0 aromatic carbocycles. The molecule has 77 heavy (non-hydrogen) atoms. The zero-order valence-corrected chi connectivity index (χ0v) is 48.7. The number of esters is 2. The molecule has 0 saturated carbocycles. The summed E-state index contributed by atoms with van der Waals surface area (Å²) in [5.41, 5.74) is 0. The third-order valence-electron chi connectivity index (χ3n) is 15.5. The van der Waals surface area contributed by atoms with Crippen molar-refractivity contribution in [3.8, 4) is 0 Å². The average Bonchev–Trinajstić information content (AvgIpc) is 3.43. The molecule has 0 aliphatic carbocycles. The molecular weight excluding hydrogens is 985 g/mol. The van der Waals surface area contributed by atoms with Crippen molar-refractivity contribution < 1.29 is 73.8 Å². The second-order valence-corrected chi connectivity index (χ2v) is 22.6. The fourth-order valence-electron chi connectivity index (χ4n) is 10.3. The molecular formula is C62H116O15. The van der Waals surface area contributed by atoms with Crippen molar-refractivity contribution in [2.24, 2.45) is 0 Å². The third kappa shape index (κ3) is 35.7. The first-order valence-corrected chi connectivity index (χ1v) is 31.8. The zero-order chi connectivity index (χ0) is 56.0. The number of carbonyl (C=O) groups is 2. The van der Waals surface area contributed by atoms with Crippen LogP contribution in [0.15, 0.2) is 12.2 Å². The quantitative estimate of drug-likeness (QED) is 0.0171. The second kappa shape index (κ2) is 48.9. The molecule has 2 aliphatic heterocycles. The Balaban J connectivity index is 1.71. The van der Waals surface area contributed by atoms with Crippen LogP contribution in [0.3, 0.4) is 0 Å². The largest absolute Gasteiger partial charge is 0.462 e. The number of ether oxygens (including phenoxy) is 6. The van der Waals surface area contributed by atoms with Crippen molar-refractivity contribution in [3.05, 3.63) is 12.2 Å². The Labute approximate surface area is 467 Å². The van der Waals surface area contributed by atoms with Gasteiger partial charge in [0.2, 0.25) is 0 Å². The van der Waals surface area contributed by atoms with Gasteiger partial charge in [0.1, 0.15) is 55.4 Å². The van der Waals surface area contributed by atoms with Crippen molar-refractivity contribution in [2.45, 2.75) is 345 Å². The van der Waals surface area contributed by atoms with Crippen LogP contribution < -0.4 is 0 Å². The summed E-state index contributed by atoms with van der Waals surface area (Å²) in [5, 5.41) is 72.4. The minimum atomic E-state index is -1.76. The molecule has 454 valence electrons. The SMILES string of the molecule is CCCCCCCC/C=C/CCCCCCCCCCCCCC(=O)OC[C@@H](CO[C@@H]1O[C@H](CO[C@@H]2O[C@H](CO)[C@H](O)C(O)C2O)[C@H](O)C(O)C1O)OC(=O)CCCCCCCCCCCCCCCCCCCCCC. The minimum Gasteiger partial charge on any atom is -0.462 e. The highest BCUT2D eigenvalue weighted by Gasteiger charge is 2.47. The first-order valence-electron chi connectivity index (χ1n) is 31.8.